The van der Waals surface area contributed by atoms with E-state index in [9.17, 15) is 4.79 Å². The van der Waals surface area contributed by atoms with Crippen molar-refractivity contribution in [1.82, 2.24) is 0 Å². The van der Waals surface area contributed by atoms with Crippen LogP contribution in [0.4, 0.5) is 5.69 Å². The molecule has 4 aromatic rings. The summed E-state index contributed by atoms with van der Waals surface area (Å²) in [6.07, 6.45) is 1.92. The zero-order valence-electron chi connectivity index (χ0n) is 15.4. The van der Waals surface area contributed by atoms with Gasteiger partial charge in [-0.2, -0.15) is 0 Å². The molecule has 134 valence electrons. The molecular weight excluding hydrogens is 336 g/mol. The van der Waals surface area contributed by atoms with Gasteiger partial charge in [0, 0.05) is 42.9 Å². The third kappa shape index (κ3) is 3.47. The van der Waals surface area contributed by atoms with Gasteiger partial charge in [0.05, 0.1) is 0 Å². The van der Waals surface area contributed by atoms with Crippen LogP contribution in [0, 0.1) is 0 Å². The minimum atomic E-state index is -0.327. The lowest BCUT2D eigenvalue weighted by atomic mass is 10.1. The van der Waals surface area contributed by atoms with Crippen molar-refractivity contribution in [2.75, 3.05) is 11.9 Å². The maximum Gasteiger partial charge on any atom is 0.350 e. The zero-order chi connectivity index (χ0) is 18.8. The highest BCUT2D eigenvalue weighted by molar-refractivity contribution is 5.83. The molecule has 0 N–H and O–H groups in total. The van der Waals surface area contributed by atoms with Gasteiger partial charge < -0.3 is 9.32 Å². The van der Waals surface area contributed by atoms with Crippen molar-refractivity contribution in [1.29, 1.82) is 0 Å². The summed E-state index contributed by atoms with van der Waals surface area (Å²) < 4.78 is 7.56. The molecule has 0 spiro atoms. The minimum absolute atomic E-state index is 0.327. The Hall–Kier alpha value is -3.40. The molecule has 4 heteroatoms. The number of fused-ring (bicyclic) bond motifs is 1. The Morgan fingerprint density at radius 1 is 0.963 bits per heavy atom. The molecule has 0 unspecified atom stereocenters. The quantitative estimate of drug-likeness (QED) is 0.410. The molecule has 2 aromatic heterocycles. The second-order valence-electron chi connectivity index (χ2n) is 6.71. The molecule has 0 saturated carbocycles. The van der Waals surface area contributed by atoms with Crippen molar-refractivity contribution in [3.05, 3.63) is 95.0 Å². The number of hydrogen-bond acceptors (Lipinski definition) is 3. The van der Waals surface area contributed by atoms with Crippen LogP contribution in [0.3, 0.4) is 0 Å². The van der Waals surface area contributed by atoms with Gasteiger partial charge in [0.25, 0.3) is 0 Å². The van der Waals surface area contributed by atoms with Gasteiger partial charge in [0.2, 0.25) is 5.69 Å². The summed E-state index contributed by atoms with van der Waals surface area (Å²) in [5, 5.41) is 0.908. The van der Waals surface area contributed by atoms with Gasteiger partial charge in [0.1, 0.15) is 18.2 Å². The van der Waals surface area contributed by atoms with E-state index in [0.29, 0.717) is 11.1 Å². The van der Waals surface area contributed by atoms with E-state index in [1.165, 1.54) is 5.56 Å². The SMILES string of the molecule is CN(Cc1ccccc1)c1ccc2cc(-c3cccc[n+]3C)c(=O)oc2c1. The molecule has 27 heavy (non-hydrogen) atoms. The summed E-state index contributed by atoms with van der Waals surface area (Å²) >= 11 is 0. The normalized spacial score (nSPS) is 10.9. The predicted molar refractivity (Wildman–Crippen MR) is 108 cm³/mol. The Labute approximate surface area is 157 Å². The average Bonchev–Trinajstić information content (AvgIpc) is 2.68. The van der Waals surface area contributed by atoms with Crippen molar-refractivity contribution < 1.29 is 8.98 Å². The Morgan fingerprint density at radius 2 is 1.74 bits per heavy atom. The summed E-state index contributed by atoms with van der Waals surface area (Å²) in [4.78, 5) is 14.7. The molecule has 0 aliphatic carbocycles. The summed E-state index contributed by atoms with van der Waals surface area (Å²) in [6, 6.07) is 23.9. The fraction of sp³-hybridized carbons (Fsp3) is 0.130. The molecule has 0 fully saturated rings. The molecule has 0 radical (unpaired) electrons. The fourth-order valence-electron chi connectivity index (χ4n) is 3.27. The van der Waals surface area contributed by atoms with Crippen molar-refractivity contribution in [3.8, 4) is 11.3 Å². The molecule has 4 nitrogen and oxygen atoms in total. The van der Waals surface area contributed by atoms with Crippen LogP contribution in [0.25, 0.3) is 22.2 Å². The lowest BCUT2D eigenvalue weighted by molar-refractivity contribution is -0.660. The van der Waals surface area contributed by atoms with E-state index in [2.05, 4.69) is 23.1 Å². The molecule has 2 aromatic carbocycles. The molecule has 0 aliphatic rings. The number of hydrogen-bond donors (Lipinski definition) is 0. The number of nitrogens with zero attached hydrogens (tertiary/aromatic N) is 2. The minimum Gasteiger partial charge on any atom is -0.422 e. The first-order chi connectivity index (χ1) is 13.1. The van der Waals surface area contributed by atoms with E-state index in [4.69, 9.17) is 4.42 Å². The van der Waals surface area contributed by atoms with Gasteiger partial charge in [-0.3, -0.25) is 0 Å². The number of benzene rings is 2. The third-order valence-corrected chi connectivity index (χ3v) is 4.75. The Morgan fingerprint density at radius 3 is 2.52 bits per heavy atom. The molecule has 0 atom stereocenters. The van der Waals surface area contributed by atoms with Crippen molar-refractivity contribution in [2.45, 2.75) is 6.54 Å². The first-order valence-corrected chi connectivity index (χ1v) is 8.90. The third-order valence-electron chi connectivity index (χ3n) is 4.75. The maximum absolute atomic E-state index is 12.6. The molecule has 4 rings (SSSR count). The van der Waals surface area contributed by atoms with Gasteiger partial charge in [-0.15, -0.1) is 0 Å². The van der Waals surface area contributed by atoms with Gasteiger partial charge in [-0.05, 0) is 29.8 Å². The smallest absolute Gasteiger partial charge is 0.350 e. The van der Waals surface area contributed by atoms with Crippen LogP contribution in [0.2, 0.25) is 0 Å². The van der Waals surface area contributed by atoms with E-state index in [-0.39, 0.29) is 5.63 Å². The van der Waals surface area contributed by atoms with Gasteiger partial charge in [0.15, 0.2) is 6.20 Å². The van der Waals surface area contributed by atoms with E-state index < -0.39 is 0 Å². The van der Waals surface area contributed by atoms with Crippen molar-refractivity contribution in [3.63, 3.8) is 0 Å². The van der Waals surface area contributed by atoms with Crippen molar-refractivity contribution >= 4 is 16.7 Å². The van der Waals surface area contributed by atoms with Crippen LogP contribution in [0.1, 0.15) is 5.56 Å². The summed E-state index contributed by atoms with van der Waals surface area (Å²) in [7, 11) is 3.95. The highest BCUT2D eigenvalue weighted by Gasteiger charge is 2.16. The van der Waals surface area contributed by atoms with Crippen LogP contribution < -0.4 is 15.1 Å². The fourth-order valence-corrected chi connectivity index (χ4v) is 3.27. The molecule has 0 bridgehead atoms. The number of anilines is 1. The second-order valence-corrected chi connectivity index (χ2v) is 6.71. The Kier molecular flexibility index (Phi) is 4.47. The van der Waals surface area contributed by atoms with Crippen LogP contribution in [0.5, 0.6) is 0 Å². The molecule has 0 aliphatic heterocycles. The lowest BCUT2D eigenvalue weighted by Crippen LogP contribution is -2.31. The average molecular weight is 357 g/mol. The van der Waals surface area contributed by atoms with Crippen molar-refractivity contribution in [2.24, 2.45) is 7.05 Å². The standard InChI is InChI=1S/C23H21N2O2/c1-24-13-7-6-10-21(24)20-14-18-11-12-19(15-22(18)27-23(20)26)25(2)16-17-8-4-3-5-9-17/h3-15H,16H2,1-2H3/q+1. The summed E-state index contributed by atoms with van der Waals surface area (Å²) in [5.41, 5.74) is 3.90. The second kappa shape index (κ2) is 7.08. The molecule has 0 amide bonds. The highest BCUT2D eigenvalue weighted by Crippen LogP contribution is 2.24. The highest BCUT2D eigenvalue weighted by atomic mass is 16.4. The van der Waals surface area contributed by atoms with E-state index in [0.717, 1.165) is 23.3 Å². The number of aromatic nitrogens is 1. The van der Waals surface area contributed by atoms with Crippen LogP contribution >= 0.6 is 0 Å². The summed E-state index contributed by atoms with van der Waals surface area (Å²) in [6.45, 7) is 0.786. The lowest BCUT2D eigenvalue weighted by Gasteiger charge is -2.19. The van der Waals surface area contributed by atoms with Gasteiger partial charge in [-0.25, -0.2) is 9.36 Å². The van der Waals surface area contributed by atoms with E-state index in [1.54, 1.807) is 0 Å². The van der Waals surface area contributed by atoms with Crippen LogP contribution in [-0.4, -0.2) is 7.05 Å². The van der Waals surface area contributed by atoms with E-state index >= 15 is 0 Å². The first-order valence-electron chi connectivity index (χ1n) is 8.90. The van der Waals surface area contributed by atoms with E-state index in [1.807, 2.05) is 79.5 Å². The number of pyridine rings is 1. The zero-order valence-corrected chi connectivity index (χ0v) is 15.4. The topological polar surface area (TPSA) is 37.3 Å². The van der Waals surface area contributed by atoms with Gasteiger partial charge >= 0.3 is 5.63 Å². The molecular formula is C23H21N2O2+. The first kappa shape index (κ1) is 17.0. The largest absolute Gasteiger partial charge is 0.422 e. The van der Waals surface area contributed by atoms with Gasteiger partial charge in [-0.1, -0.05) is 30.3 Å². The molecule has 0 saturated heterocycles. The van der Waals surface area contributed by atoms with Crippen LogP contribution in [-0.2, 0) is 13.6 Å². The Bertz CT molecular complexity index is 1150. The number of rotatable bonds is 4. The van der Waals surface area contributed by atoms with Crippen LogP contribution in [0.15, 0.2) is 88.2 Å². The predicted octanol–water partition coefficient (Wildman–Crippen LogP) is 3.92. The Balaban J connectivity index is 1.71. The maximum atomic E-state index is 12.6. The molecule has 2 heterocycles. The monoisotopic (exact) mass is 357 g/mol. The number of aryl methyl sites for hydroxylation is 1. The summed E-state index contributed by atoms with van der Waals surface area (Å²) in [5.74, 6) is 0.